The van der Waals surface area contributed by atoms with Crippen LogP contribution in [-0.4, -0.2) is 16.6 Å². The van der Waals surface area contributed by atoms with Crippen molar-refractivity contribution in [3.05, 3.63) is 30.1 Å². The number of esters is 1. The van der Waals surface area contributed by atoms with E-state index in [1.165, 1.54) is 24.4 Å². The summed E-state index contributed by atoms with van der Waals surface area (Å²) in [5.74, 6) is -1.24. The first-order valence-electron chi connectivity index (χ1n) is 5.05. The van der Waals surface area contributed by atoms with E-state index < -0.39 is 17.2 Å². The molecule has 1 aromatic heterocycles. The van der Waals surface area contributed by atoms with Gasteiger partial charge in [0.1, 0.15) is 17.4 Å². The summed E-state index contributed by atoms with van der Waals surface area (Å²) in [6.45, 7) is 4.79. The van der Waals surface area contributed by atoms with Gasteiger partial charge >= 0.3 is 11.6 Å². The Hall–Kier alpha value is -1.96. The molecule has 90 valence electrons. The SMILES string of the molecule is CC(C)(C)OC(=O)C(F)(C#N)c1ccccn1. The van der Waals surface area contributed by atoms with Gasteiger partial charge < -0.3 is 4.74 Å². The Morgan fingerprint density at radius 1 is 1.47 bits per heavy atom. The predicted octanol–water partition coefficient (Wildman–Crippen LogP) is 2.11. The summed E-state index contributed by atoms with van der Waals surface area (Å²) in [6.07, 6.45) is 1.31. The summed E-state index contributed by atoms with van der Waals surface area (Å²) in [5.41, 5.74) is -3.99. The normalized spacial score (nSPS) is 14.5. The second-order valence-electron chi connectivity index (χ2n) is 4.49. The topological polar surface area (TPSA) is 63.0 Å². The van der Waals surface area contributed by atoms with E-state index in [1.54, 1.807) is 26.8 Å². The molecule has 0 amide bonds. The fourth-order valence-corrected chi connectivity index (χ4v) is 1.12. The van der Waals surface area contributed by atoms with Crippen LogP contribution in [0.4, 0.5) is 4.39 Å². The van der Waals surface area contributed by atoms with Crippen molar-refractivity contribution in [2.75, 3.05) is 0 Å². The van der Waals surface area contributed by atoms with Crippen LogP contribution in [0.2, 0.25) is 0 Å². The van der Waals surface area contributed by atoms with Gasteiger partial charge in [0.15, 0.2) is 0 Å². The maximum Gasteiger partial charge on any atom is 0.365 e. The minimum atomic E-state index is -2.87. The van der Waals surface area contributed by atoms with Gasteiger partial charge in [-0.25, -0.2) is 9.18 Å². The zero-order chi connectivity index (χ0) is 13.1. The van der Waals surface area contributed by atoms with E-state index in [0.29, 0.717) is 0 Å². The van der Waals surface area contributed by atoms with Crippen molar-refractivity contribution in [1.82, 2.24) is 4.98 Å². The summed E-state index contributed by atoms with van der Waals surface area (Å²) in [4.78, 5) is 15.3. The second-order valence-corrected chi connectivity index (χ2v) is 4.49. The number of hydrogen-bond acceptors (Lipinski definition) is 4. The van der Waals surface area contributed by atoms with Crippen molar-refractivity contribution in [2.45, 2.75) is 32.0 Å². The Morgan fingerprint density at radius 2 is 2.12 bits per heavy atom. The standard InChI is InChI=1S/C12H13FN2O2/c1-11(2,3)17-10(16)12(13,8-14)9-6-4-5-7-15-9/h4-7H,1-3H3. The zero-order valence-electron chi connectivity index (χ0n) is 9.90. The molecule has 0 aliphatic heterocycles. The molecule has 0 radical (unpaired) electrons. The number of hydrogen-bond donors (Lipinski definition) is 0. The van der Waals surface area contributed by atoms with Crippen molar-refractivity contribution in [3.63, 3.8) is 0 Å². The van der Waals surface area contributed by atoms with Crippen molar-refractivity contribution in [1.29, 1.82) is 5.26 Å². The number of carbonyl (C=O) groups excluding carboxylic acids is 1. The molecule has 0 fully saturated rings. The van der Waals surface area contributed by atoms with Crippen LogP contribution >= 0.6 is 0 Å². The highest BCUT2D eigenvalue weighted by Crippen LogP contribution is 2.27. The van der Waals surface area contributed by atoms with Gasteiger partial charge in [-0.3, -0.25) is 4.98 Å². The summed E-state index contributed by atoms with van der Waals surface area (Å²) in [6, 6.07) is 5.65. The van der Waals surface area contributed by atoms with Gasteiger partial charge in [0.05, 0.1) is 0 Å². The number of aromatic nitrogens is 1. The third-order valence-corrected chi connectivity index (χ3v) is 1.85. The van der Waals surface area contributed by atoms with Gasteiger partial charge in [-0.2, -0.15) is 5.26 Å². The highest BCUT2D eigenvalue weighted by molar-refractivity contribution is 5.84. The van der Waals surface area contributed by atoms with E-state index >= 15 is 0 Å². The molecule has 1 rings (SSSR count). The Labute approximate surface area is 99.0 Å². The van der Waals surface area contributed by atoms with Gasteiger partial charge in [-0.15, -0.1) is 0 Å². The number of rotatable bonds is 2. The molecule has 0 saturated carbocycles. The smallest absolute Gasteiger partial charge is 0.365 e. The van der Waals surface area contributed by atoms with Crippen LogP contribution in [0.25, 0.3) is 0 Å². The zero-order valence-corrected chi connectivity index (χ0v) is 9.90. The molecule has 0 bridgehead atoms. The number of carbonyl (C=O) groups is 1. The number of ether oxygens (including phenoxy) is 1. The first kappa shape index (κ1) is 13.1. The maximum absolute atomic E-state index is 14.3. The van der Waals surface area contributed by atoms with Crippen molar-refractivity contribution < 1.29 is 13.9 Å². The van der Waals surface area contributed by atoms with Gasteiger partial charge in [-0.1, -0.05) is 6.07 Å². The summed E-state index contributed by atoms with van der Waals surface area (Å²) in [7, 11) is 0. The Kier molecular flexibility index (Phi) is 3.47. The van der Waals surface area contributed by atoms with E-state index in [2.05, 4.69) is 4.98 Å². The molecule has 0 aliphatic rings. The molecule has 0 aliphatic carbocycles. The number of alkyl halides is 1. The monoisotopic (exact) mass is 236 g/mol. The van der Waals surface area contributed by atoms with Crippen LogP contribution in [0.5, 0.6) is 0 Å². The minimum absolute atomic E-state index is 0.267. The van der Waals surface area contributed by atoms with E-state index in [1.807, 2.05) is 0 Å². The maximum atomic E-state index is 14.3. The molecule has 1 aromatic rings. The lowest BCUT2D eigenvalue weighted by Gasteiger charge is -2.23. The molecule has 17 heavy (non-hydrogen) atoms. The van der Waals surface area contributed by atoms with Crippen molar-refractivity contribution in [2.24, 2.45) is 0 Å². The third kappa shape index (κ3) is 3.00. The Morgan fingerprint density at radius 3 is 2.53 bits per heavy atom. The average Bonchev–Trinajstić information content (AvgIpc) is 2.27. The van der Waals surface area contributed by atoms with Gasteiger partial charge in [0.2, 0.25) is 0 Å². The fraction of sp³-hybridized carbons (Fsp3) is 0.417. The number of nitriles is 1. The predicted molar refractivity (Wildman–Crippen MR) is 58.5 cm³/mol. The van der Waals surface area contributed by atoms with Crippen molar-refractivity contribution >= 4 is 5.97 Å². The van der Waals surface area contributed by atoms with E-state index in [4.69, 9.17) is 10.00 Å². The third-order valence-electron chi connectivity index (χ3n) is 1.85. The molecule has 5 heteroatoms. The average molecular weight is 236 g/mol. The lowest BCUT2D eigenvalue weighted by Crippen LogP contribution is -2.37. The van der Waals surface area contributed by atoms with Gasteiger partial charge in [-0.05, 0) is 32.9 Å². The molecule has 1 unspecified atom stereocenters. The molecule has 0 N–H and O–H groups in total. The highest BCUT2D eigenvalue weighted by atomic mass is 19.1. The summed E-state index contributed by atoms with van der Waals surface area (Å²) in [5, 5.41) is 8.84. The van der Waals surface area contributed by atoms with Crippen LogP contribution in [0.15, 0.2) is 24.4 Å². The Balaban J connectivity index is 3.07. The lowest BCUT2D eigenvalue weighted by atomic mass is 10.0. The van der Waals surface area contributed by atoms with Gasteiger partial charge in [0, 0.05) is 6.20 Å². The molecular weight excluding hydrogens is 223 g/mol. The van der Waals surface area contributed by atoms with Crippen LogP contribution in [0.1, 0.15) is 26.5 Å². The van der Waals surface area contributed by atoms with E-state index in [-0.39, 0.29) is 5.69 Å². The second kappa shape index (κ2) is 4.50. The minimum Gasteiger partial charge on any atom is -0.456 e. The number of halogens is 1. The molecular formula is C12H13FN2O2. The first-order chi connectivity index (χ1) is 7.79. The molecule has 1 atom stereocenters. The molecule has 4 nitrogen and oxygen atoms in total. The van der Waals surface area contributed by atoms with Crippen LogP contribution in [0.3, 0.4) is 0 Å². The fourth-order valence-electron chi connectivity index (χ4n) is 1.12. The van der Waals surface area contributed by atoms with Crippen molar-refractivity contribution in [3.8, 4) is 6.07 Å². The lowest BCUT2D eigenvalue weighted by molar-refractivity contribution is -0.166. The van der Waals surface area contributed by atoms with E-state index in [0.717, 1.165) is 0 Å². The number of nitrogens with zero attached hydrogens (tertiary/aromatic N) is 2. The van der Waals surface area contributed by atoms with Gasteiger partial charge in [0.25, 0.3) is 0 Å². The largest absolute Gasteiger partial charge is 0.456 e. The molecule has 0 aromatic carbocycles. The summed E-state index contributed by atoms with van der Waals surface area (Å²) >= 11 is 0. The summed E-state index contributed by atoms with van der Waals surface area (Å²) < 4.78 is 19.2. The van der Waals surface area contributed by atoms with Crippen LogP contribution in [0, 0.1) is 11.3 Å². The quantitative estimate of drug-likeness (QED) is 0.738. The molecule has 0 saturated heterocycles. The first-order valence-corrected chi connectivity index (χ1v) is 5.05. The van der Waals surface area contributed by atoms with E-state index in [9.17, 15) is 9.18 Å². The molecule has 0 spiro atoms. The number of pyridine rings is 1. The van der Waals surface area contributed by atoms with Crippen LogP contribution in [-0.2, 0) is 15.2 Å². The highest BCUT2D eigenvalue weighted by Gasteiger charge is 2.45. The molecule has 1 heterocycles. The van der Waals surface area contributed by atoms with Crippen LogP contribution < -0.4 is 0 Å². The Bertz CT molecular complexity index is 448.